The van der Waals surface area contributed by atoms with E-state index in [4.69, 9.17) is 4.42 Å². The van der Waals surface area contributed by atoms with Gasteiger partial charge in [0.15, 0.2) is 0 Å². The van der Waals surface area contributed by atoms with Crippen molar-refractivity contribution in [1.29, 1.82) is 0 Å². The lowest BCUT2D eigenvalue weighted by molar-refractivity contribution is 0.670. The Labute approximate surface area is 350 Å². The molecule has 2 heteroatoms. The van der Waals surface area contributed by atoms with Gasteiger partial charge in [0, 0.05) is 42.1 Å². The monoisotopic (exact) mass is 778 g/mol. The van der Waals surface area contributed by atoms with Gasteiger partial charge in [0.2, 0.25) is 0 Å². The summed E-state index contributed by atoms with van der Waals surface area (Å²) in [6.07, 6.45) is 0. The number of para-hydroxylation sites is 1. The molecule has 0 spiro atoms. The predicted molar refractivity (Wildman–Crippen MR) is 258 cm³/mol. The third-order valence-corrected chi connectivity index (χ3v) is 13.8. The molecule has 13 aromatic rings. The largest absolute Gasteiger partial charge is 0.455 e. The first-order valence-electron chi connectivity index (χ1n) is 20.6. The molecule has 13 rings (SSSR count). The summed E-state index contributed by atoms with van der Waals surface area (Å²) in [7, 11) is 0. The van der Waals surface area contributed by atoms with Gasteiger partial charge in [-0.1, -0.05) is 182 Å². The molecule has 60 heavy (non-hydrogen) atoms. The summed E-state index contributed by atoms with van der Waals surface area (Å²) < 4.78 is 9.74. The van der Waals surface area contributed by atoms with Crippen LogP contribution in [0.1, 0.15) is 0 Å². The summed E-state index contributed by atoms with van der Waals surface area (Å²) in [6.45, 7) is 0. The number of rotatable bonds is 4. The van der Waals surface area contributed by atoms with Gasteiger partial charge in [0.05, 0.1) is 0 Å². The number of hydrogen-bond acceptors (Lipinski definition) is 2. The molecule has 0 aliphatic heterocycles. The molecular formula is C58H34OS. The predicted octanol–water partition coefficient (Wildman–Crippen LogP) is 17.2. The van der Waals surface area contributed by atoms with Gasteiger partial charge in [0.1, 0.15) is 11.2 Å². The molecule has 0 aliphatic rings. The van der Waals surface area contributed by atoms with Crippen LogP contribution in [0, 0.1) is 0 Å². The molecule has 0 amide bonds. The molecule has 2 heterocycles. The molecule has 0 bridgehead atoms. The van der Waals surface area contributed by atoms with Crippen molar-refractivity contribution in [3.8, 4) is 44.5 Å². The summed E-state index contributed by atoms with van der Waals surface area (Å²) in [5.74, 6) is 0. The SMILES string of the molecule is c1ccc(-c2c3ccccc3c(-c3ccc4c(c3)oc3c(-c5c6ccccc6c(-c6ccc7c(c6)sc6ccccc67)c6ccccc56)cccc34)c3ccccc23)cc1. The molecule has 278 valence electrons. The Hall–Kier alpha value is -7.52. The normalized spacial score (nSPS) is 12.0. The Bertz CT molecular complexity index is 3770. The maximum atomic E-state index is 7.11. The van der Waals surface area contributed by atoms with Gasteiger partial charge in [-0.3, -0.25) is 0 Å². The third kappa shape index (κ3) is 4.86. The summed E-state index contributed by atoms with van der Waals surface area (Å²) in [5, 5.41) is 14.7. The smallest absolute Gasteiger partial charge is 0.143 e. The van der Waals surface area contributed by atoms with Crippen LogP contribution >= 0.6 is 11.3 Å². The second kappa shape index (κ2) is 13.0. The van der Waals surface area contributed by atoms with E-state index in [1.54, 1.807) is 0 Å². The molecule has 0 atom stereocenters. The first-order chi connectivity index (χ1) is 29.8. The van der Waals surface area contributed by atoms with Crippen molar-refractivity contribution < 1.29 is 4.42 Å². The molecule has 2 aromatic heterocycles. The average Bonchev–Trinajstić information content (AvgIpc) is 3.88. The lowest BCUT2D eigenvalue weighted by Gasteiger charge is -2.18. The highest BCUT2D eigenvalue weighted by atomic mass is 32.1. The van der Waals surface area contributed by atoms with E-state index >= 15 is 0 Å². The van der Waals surface area contributed by atoms with Crippen LogP contribution in [0.3, 0.4) is 0 Å². The van der Waals surface area contributed by atoms with E-state index in [0.29, 0.717) is 0 Å². The number of benzene rings is 11. The molecule has 0 fully saturated rings. The Morgan fingerprint density at radius 2 is 0.700 bits per heavy atom. The van der Waals surface area contributed by atoms with Gasteiger partial charge in [-0.05, 0) is 101 Å². The lowest BCUT2D eigenvalue weighted by atomic mass is 9.85. The number of furan rings is 1. The van der Waals surface area contributed by atoms with Crippen LogP contribution in [0.4, 0.5) is 0 Å². The quantitative estimate of drug-likeness (QED) is 0.162. The van der Waals surface area contributed by atoms with Gasteiger partial charge >= 0.3 is 0 Å². The first-order valence-corrected chi connectivity index (χ1v) is 21.4. The van der Waals surface area contributed by atoms with Gasteiger partial charge in [-0.2, -0.15) is 0 Å². The fraction of sp³-hybridized carbons (Fsp3) is 0. The van der Waals surface area contributed by atoms with Crippen LogP contribution in [0.25, 0.3) is 130 Å². The Kier molecular flexibility index (Phi) is 7.24. The van der Waals surface area contributed by atoms with Crippen LogP contribution < -0.4 is 0 Å². The minimum Gasteiger partial charge on any atom is -0.455 e. The van der Waals surface area contributed by atoms with Crippen molar-refractivity contribution in [2.45, 2.75) is 0 Å². The van der Waals surface area contributed by atoms with Crippen LogP contribution in [-0.2, 0) is 0 Å². The number of fused-ring (bicyclic) bond motifs is 10. The molecule has 0 aliphatic carbocycles. The van der Waals surface area contributed by atoms with Crippen molar-refractivity contribution in [1.82, 2.24) is 0 Å². The van der Waals surface area contributed by atoms with E-state index in [9.17, 15) is 0 Å². The van der Waals surface area contributed by atoms with E-state index in [0.717, 1.165) is 33.1 Å². The van der Waals surface area contributed by atoms with E-state index in [1.165, 1.54) is 96.6 Å². The highest BCUT2D eigenvalue weighted by Gasteiger charge is 2.22. The van der Waals surface area contributed by atoms with Crippen molar-refractivity contribution in [2.24, 2.45) is 0 Å². The molecule has 11 aromatic carbocycles. The Morgan fingerprint density at radius 1 is 0.267 bits per heavy atom. The van der Waals surface area contributed by atoms with Crippen LogP contribution in [-0.4, -0.2) is 0 Å². The minimum absolute atomic E-state index is 0.886. The van der Waals surface area contributed by atoms with Crippen LogP contribution in [0.2, 0.25) is 0 Å². The molecule has 0 saturated heterocycles. The van der Waals surface area contributed by atoms with E-state index in [-0.39, 0.29) is 0 Å². The average molecular weight is 779 g/mol. The summed E-state index contributed by atoms with van der Waals surface area (Å²) >= 11 is 1.87. The summed E-state index contributed by atoms with van der Waals surface area (Å²) in [6, 6.07) is 75.5. The molecule has 1 nitrogen and oxygen atoms in total. The zero-order chi connectivity index (χ0) is 39.3. The zero-order valence-corrected chi connectivity index (χ0v) is 33.3. The zero-order valence-electron chi connectivity index (χ0n) is 32.4. The molecule has 0 N–H and O–H groups in total. The molecule has 0 unspecified atom stereocenters. The molecule has 0 radical (unpaired) electrons. The van der Waals surface area contributed by atoms with E-state index in [2.05, 4.69) is 206 Å². The van der Waals surface area contributed by atoms with Crippen LogP contribution in [0.15, 0.2) is 211 Å². The second-order valence-corrected chi connectivity index (χ2v) is 16.9. The van der Waals surface area contributed by atoms with Crippen molar-refractivity contribution in [2.75, 3.05) is 0 Å². The number of thiophene rings is 1. The van der Waals surface area contributed by atoms with Crippen LogP contribution in [0.5, 0.6) is 0 Å². The first kappa shape index (κ1) is 33.5. The van der Waals surface area contributed by atoms with Gasteiger partial charge in [-0.25, -0.2) is 0 Å². The fourth-order valence-corrected chi connectivity index (χ4v) is 11.3. The van der Waals surface area contributed by atoms with Crippen molar-refractivity contribution in [3.63, 3.8) is 0 Å². The second-order valence-electron chi connectivity index (χ2n) is 15.9. The topological polar surface area (TPSA) is 13.1 Å². The van der Waals surface area contributed by atoms with Crippen molar-refractivity contribution in [3.05, 3.63) is 206 Å². The standard InChI is InChI=1S/C58H34OS/c1-2-15-35(16-3-1)54-41-18-4-6-20-43(41)55(44-21-7-5-19-42(44)54)36-29-31-38-49-26-14-27-50(58(49)59-51(38)33-36)57-47-24-10-8-22-45(47)56(46-23-9-11-25-48(46)57)37-30-32-40-39-17-12-13-28-52(39)60-53(40)34-37/h1-34H. The third-order valence-electron chi connectivity index (χ3n) is 12.6. The van der Waals surface area contributed by atoms with Gasteiger partial charge in [0.25, 0.3) is 0 Å². The van der Waals surface area contributed by atoms with E-state index < -0.39 is 0 Å². The van der Waals surface area contributed by atoms with Gasteiger partial charge in [-0.15, -0.1) is 11.3 Å². The Morgan fingerprint density at radius 3 is 1.28 bits per heavy atom. The maximum absolute atomic E-state index is 7.11. The summed E-state index contributed by atoms with van der Waals surface area (Å²) in [5.41, 5.74) is 11.5. The van der Waals surface area contributed by atoms with E-state index in [1.807, 2.05) is 11.3 Å². The fourth-order valence-electron chi connectivity index (χ4n) is 10.1. The van der Waals surface area contributed by atoms with Gasteiger partial charge < -0.3 is 4.42 Å². The lowest BCUT2D eigenvalue weighted by Crippen LogP contribution is -1.91. The number of hydrogen-bond donors (Lipinski definition) is 0. The molecule has 0 saturated carbocycles. The highest BCUT2D eigenvalue weighted by molar-refractivity contribution is 7.25. The molecular weight excluding hydrogens is 745 g/mol. The minimum atomic E-state index is 0.886. The summed E-state index contributed by atoms with van der Waals surface area (Å²) in [4.78, 5) is 0. The highest BCUT2D eigenvalue weighted by Crippen LogP contribution is 2.49. The Balaban J connectivity index is 1.04. The maximum Gasteiger partial charge on any atom is 0.143 e. The van der Waals surface area contributed by atoms with Crippen molar-refractivity contribution >= 4 is 96.5 Å².